The van der Waals surface area contributed by atoms with E-state index >= 15 is 0 Å². The van der Waals surface area contributed by atoms with Crippen molar-refractivity contribution in [2.24, 2.45) is 0 Å². The van der Waals surface area contributed by atoms with Crippen LogP contribution in [0.5, 0.6) is 5.75 Å². The van der Waals surface area contributed by atoms with Crippen LogP contribution in [0.3, 0.4) is 0 Å². The Balaban J connectivity index is 2.66. The van der Waals surface area contributed by atoms with Gasteiger partial charge in [-0.25, -0.2) is 0 Å². The van der Waals surface area contributed by atoms with E-state index < -0.39 is 22.7 Å². The van der Waals surface area contributed by atoms with E-state index in [4.69, 9.17) is 23.2 Å². The summed E-state index contributed by atoms with van der Waals surface area (Å²) in [6.45, 7) is 0. The van der Waals surface area contributed by atoms with Crippen LogP contribution in [0.25, 0.3) is 11.1 Å². The number of ether oxygens (including phenoxy) is 1. The van der Waals surface area contributed by atoms with Crippen molar-refractivity contribution in [3.8, 4) is 16.9 Å². The predicted octanol–water partition coefficient (Wildman–Crippen LogP) is 5.47. The molecule has 2 aromatic carbocycles. The van der Waals surface area contributed by atoms with Crippen molar-refractivity contribution in [2.75, 3.05) is 0 Å². The Morgan fingerprint density at radius 2 is 1.73 bits per heavy atom. The number of hydrogen-bond donors (Lipinski definition) is 0. The molecule has 0 bridgehead atoms. The van der Waals surface area contributed by atoms with Gasteiger partial charge in [-0.1, -0.05) is 23.2 Å². The largest absolute Gasteiger partial charge is 0.573 e. The highest BCUT2D eigenvalue weighted by Crippen LogP contribution is 2.40. The van der Waals surface area contributed by atoms with E-state index in [1.165, 1.54) is 18.2 Å². The molecule has 22 heavy (non-hydrogen) atoms. The summed E-state index contributed by atoms with van der Waals surface area (Å²) in [6, 6.07) is 6.82. The van der Waals surface area contributed by atoms with Crippen LogP contribution >= 0.6 is 23.2 Å². The van der Waals surface area contributed by atoms with E-state index in [1.54, 1.807) is 0 Å². The Bertz CT molecular complexity index is 735. The first-order valence-corrected chi connectivity index (χ1v) is 6.42. The normalized spacial score (nSPS) is 11.3. The first-order chi connectivity index (χ1) is 10.2. The highest BCUT2D eigenvalue weighted by Gasteiger charge is 2.33. The van der Waals surface area contributed by atoms with Gasteiger partial charge in [-0.2, -0.15) is 0 Å². The van der Waals surface area contributed by atoms with Crippen LogP contribution in [0.15, 0.2) is 36.4 Å². The van der Waals surface area contributed by atoms with Crippen molar-refractivity contribution < 1.29 is 22.8 Å². The first kappa shape index (κ1) is 16.4. The molecule has 0 aliphatic carbocycles. The molecule has 9 heteroatoms. The average Bonchev–Trinajstić information content (AvgIpc) is 2.40. The Kier molecular flexibility index (Phi) is 4.48. The lowest BCUT2D eigenvalue weighted by Gasteiger charge is -2.14. The van der Waals surface area contributed by atoms with Gasteiger partial charge in [0.15, 0.2) is 0 Å². The molecule has 116 valence electrons. The second kappa shape index (κ2) is 6.02. The van der Waals surface area contributed by atoms with Crippen molar-refractivity contribution >= 4 is 28.9 Å². The van der Waals surface area contributed by atoms with E-state index in [-0.39, 0.29) is 21.2 Å². The molecule has 0 saturated carbocycles. The smallest absolute Gasteiger partial charge is 0.405 e. The van der Waals surface area contributed by atoms with Crippen molar-refractivity contribution in [1.82, 2.24) is 0 Å². The van der Waals surface area contributed by atoms with Crippen LogP contribution in [0.1, 0.15) is 0 Å². The lowest BCUT2D eigenvalue weighted by molar-refractivity contribution is -0.384. The molecule has 0 N–H and O–H groups in total. The van der Waals surface area contributed by atoms with Gasteiger partial charge in [0.25, 0.3) is 5.69 Å². The van der Waals surface area contributed by atoms with Crippen LogP contribution < -0.4 is 4.74 Å². The van der Waals surface area contributed by atoms with Gasteiger partial charge in [-0.05, 0) is 24.3 Å². The Hall–Kier alpha value is -1.99. The second-order valence-electron chi connectivity index (χ2n) is 4.11. The van der Waals surface area contributed by atoms with Gasteiger partial charge in [-0.15, -0.1) is 13.2 Å². The third-order valence-corrected chi connectivity index (χ3v) is 3.18. The summed E-state index contributed by atoms with van der Waals surface area (Å²) in [5.41, 5.74) is -0.489. The number of alkyl halides is 3. The van der Waals surface area contributed by atoms with E-state index in [0.717, 1.165) is 18.2 Å². The maximum Gasteiger partial charge on any atom is 0.573 e. The molecule has 0 aromatic heterocycles. The number of rotatable bonds is 3. The molecule has 0 radical (unpaired) electrons. The SMILES string of the molecule is O=[N+]([O-])c1ccc(OC(F)(F)F)c(-c2cc(Cl)ccc2Cl)c1. The fourth-order valence-electron chi connectivity index (χ4n) is 1.76. The molecule has 0 unspecified atom stereocenters. The number of nitro groups is 1. The number of non-ortho nitro benzene ring substituents is 1. The summed E-state index contributed by atoms with van der Waals surface area (Å²) >= 11 is 11.7. The zero-order valence-corrected chi connectivity index (χ0v) is 12.0. The fraction of sp³-hybridized carbons (Fsp3) is 0.0769. The fourth-order valence-corrected chi connectivity index (χ4v) is 2.15. The summed E-state index contributed by atoms with van der Waals surface area (Å²) in [5, 5.41) is 11.1. The third-order valence-electron chi connectivity index (χ3n) is 2.62. The zero-order valence-electron chi connectivity index (χ0n) is 10.5. The van der Waals surface area contributed by atoms with Gasteiger partial charge in [0.1, 0.15) is 5.75 Å². The maximum atomic E-state index is 12.5. The molecule has 0 aliphatic rings. The van der Waals surface area contributed by atoms with Crippen LogP contribution in [0.4, 0.5) is 18.9 Å². The minimum absolute atomic E-state index is 0.0805. The molecule has 2 aromatic rings. The lowest BCUT2D eigenvalue weighted by Crippen LogP contribution is -2.17. The summed E-state index contributed by atoms with van der Waals surface area (Å²) in [7, 11) is 0. The summed E-state index contributed by atoms with van der Waals surface area (Å²) < 4.78 is 41.3. The molecule has 0 fully saturated rings. The Morgan fingerprint density at radius 3 is 2.32 bits per heavy atom. The van der Waals surface area contributed by atoms with Gasteiger partial charge < -0.3 is 4.74 Å². The summed E-state index contributed by atoms with van der Waals surface area (Å²) in [5.74, 6) is -0.609. The van der Waals surface area contributed by atoms with E-state index in [1.807, 2.05) is 0 Å². The standard InChI is InChI=1S/C13H6Cl2F3NO3/c14-7-1-3-11(15)9(5-7)10-6-8(19(20)21)2-4-12(10)22-13(16,17)18/h1-6H. The second-order valence-corrected chi connectivity index (χ2v) is 4.95. The van der Waals surface area contributed by atoms with E-state index in [2.05, 4.69) is 4.74 Å². The number of nitrogens with zero attached hydrogens (tertiary/aromatic N) is 1. The molecular weight excluding hydrogens is 346 g/mol. The van der Waals surface area contributed by atoms with Gasteiger partial charge in [0.2, 0.25) is 0 Å². The molecule has 0 atom stereocenters. The number of nitro benzene ring substituents is 1. The molecule has 0 saturated heterocycles. The number of halogens is 5. The Morgan fingerprint density at radius 1 is 1.05 bits per heavy atom. The molecule has 0 amide bonds. The van der Waals surface area contributed by atoms with Gasteiger partial charge in [0, 0.05) is 33.3 Å². The summed E-state index contributed by atoms with van der Waals surface area (Å²) in [4.78, 5) is 10.1. The van der Waals surface area contributed by atoms with Crippen molar-refractivity contribution in [2.45, 2.75) is 6.36 Å². The Labute approximate surface area is 132 Å². The van der Waals surface area contributed by atoms with Gasteiger partial charge >= 0.3 is 6.36 Å². The topological polar surface area (TPSA) is 52.4 Å². The minimum atomic E-state index is -4.95. The molecule has 0 heterocycles. The predicted molar refractivity (Wildman–Crippen MR) is 75.2 cm³/mol. The van der Waals surface area contributed by atoms with Crippen molar-refractivity contribution in [1.29, 1.82) is 0 Å². The molecule has 4 nitrogen and oxygen atoms in total. The first-order valence-electron chi connectivity index (χ1n) is 5.67. The van der Waals surface area contributed by atoms with Gasteiger partial charge in [-0.3, -0.25) is 10.1 Å². The van der Waals surface area contributed by atoms with E-state index in [0.29, 0.717) is 0 Å². The lowest BCUT2D eigenvalue weighted by atomic mass is 10.0. The minimum Gasteiger partial charge on any atom is -0.405 e. The molecule has 0 spiro atoms. The molecular formula is C13H6Cl2F3NO3. The average molecular weight is 352 g/mol. The van der Waals surface area contributed by atoms with Gasteiger partial charge in [0.05, 0.1) is 4.92 Å². The van der Waals surface area contributed by atoms with Crippen LogP contribution in [0.2, 0.25) is 10.0 Å². The monoisotopic (exact) mass is 351 g/mol. The molecule has 0 aliphatic heterocycles. The quantitative estimate of drug-likeness (QED) is 0.544. The molecule has 2 rings (SSSR count). The van der Waals surface area contributed by atoms with Crippen LogP contribution in [-0.2, 0) is 0 Å². The highest BCUT2D eigenvalue weighted by molar-refractivity contribution is 6.35. The van der Waals surface area contributed by atoms with Crippen LogP contribution in [-0.4, -0.2) is 11.3 Å². The van der Waals surface area contributed by atoms with Crippen molar-refractivity contribution in [3.63, 3.8) is 0 Å². The maximum absolute atomic E-state index is 12.5. The van der Waals surface area contributed by atoms with Crippen LogP contribution in [0, 0.1) is 10.1 Å². The number of benzene rings is 2. The highest BCUT2D eigenvalue weighted by atomic mass is 35.5. The zero-order chi connectivity index (χ0) is 16.5. The number of hydrogen-bond acceptors (Lipinski definition) is 3. The third kappa shape index (κ3) is 3.80. The van der Waals surface area contributed by atoms with Crippen molar-refractivity contribution in [3.05, 3.63) is 56.6 Å². The summed E-state index contributed by atoms with van der Waals surface area (Å²) in [6.07, 6.45) is -4.95. The van der Waals surface area contributed by atoms with E-state index in [9.17, 15) is 23.3 Å².